The predicted octanol–water partition coefficient (Wildman–Crippen LogP) is 3.03. The highest BCUT2D eigenvalue weighted by Gasteiger charge is 1.92. The Bertz CT molecular complexity index is 359. The summed E-state index contributed by atoms with van der Waals surface area (Å²) < 4.78 is 0.739. The number of thioether (sulfide) groups is 1. The van der Waals surface area contributed by atoms with Crippen molar-refractivity contribution in [3.8, 4) is 11.8 Å². The summed E-state index contributed by atoms with van der Waals surface area (Å²) in [5.74, 6) is 6.37. The van der Waals surface area contributed by atoms with Gasteiger partial charge in [0.2, 0.25) is 0 Å². The van der Waals surface area contributed by atoms with Crippen LogP contribution in [-0.2, 0) is 4.79 Å². The van der Waals surface area contributed by atoms with Gasteiger partial charge in [0.25, 0.3) is 0 Å². The molecular formula is C9H7ClOS2. The van der Waals surface area contributed by atoms with Crippen LogP contribution in [0.25, 0.3) is 0 Å². The molecule has 0 bridgehead atoms. The van der Waals surface area contributed by atoms with Crippen molar-refractivity contribution in [2.75, 3.05) is 5.75 Å². The zero-order chi connectivity index (χ0) is 9.68. The molecule has 0 saturated carbocycles. The number of carbonyl (C=O) groups excluding carboxylic acids is 1. The van der Waals surface area contributed by atoms with Gasteiger partial charge < -0.3 is 0 Å². The van der Waals surface area contributed by atoms with E-state index in [1.54, 1.807) is 0 Å². The smallest absolute Gasteiger partial charge is 0.186 e. The summed E-state index contributed by atoms with van der Waals surface area (Å²) in [6, 6.07) is 3.69. The minimum absolute atomic E-state index is 0.0958. The molecule has 0 aliphatic heterocycles. The van der Waals surface area contributed by atoms with Crippen LogP contribution in [0.1, 0.15) is 11.8 Å². The molecule has 0 fully saturated rings. The van der Waals surface area contributed by atoms with Crippen LogP contribution in [0.3, 0.4) is 0 Å². The topological polar surface area (TPSA) is 17.1 Å². The van der Waals surface area contributed by atoms with Crippen molar-refractivity contribution >= 4 is 39.8 Å². The van der Waals surface area contributed by atoms with Gasteiger partial charge in [-0.05, 0) is 12.1 Å². The minimum Gasteiger partial charge on any atom is -0.288 e. The summed E-state index contributed by atoms with van der Waals surface area (Å²) in [5, 5.41) is 0.0958. The van der Waals surface area contributed by atoms with Crippen LogP contribution in [0.2, 0.25) is 4.34 Å². The van der Waals surface area contributed by atoms with E-state index < -0.39 is 0 Å². The maximum Gasteiger partial charge on any atom is 0.186 e. The van der Waals surface area contributed by atoms with Gasteiger partial charge in [0, 0.05) is 6.92 Å². The largest absolute Gasteiger partial charge is 0.288 e. The highest BCUT2D eigenvalue weighted by Crippen LogP contribution is 2.20. The Morgan fingerprint density at radius 3 is 3.00 bits per heavy atom. The Kier molecular flexibility index (Phi) is 4.37. The Labute approximate surface area is 90.5 Å². The van der Waals surface area contributed by atoms with E-state index in [1.807, 2.05) is 12.1 Å². The van der Waals surface area contributed by atoms with Gasteiger partial charge in [0.15, 0.2) is 5.12 Å². The normalized spacial score (nSPS) is 9.08. The predicted molar refractivity (Wildman–Crippen MR) is 59.3 cm³/mol. The van der Waals surface area contributed by atoms with E-state index in [-0.39, 0.29) is 5.12 Å². The van der Waals surface area contributed by atoms with E-state index >= 15 is 0 Å². The standard InChI is InChI=1S/C9H7ClOS2/c1-7(11)12-6-2-3-8-4-5-9(10)13-8/h4-5H,6H2,1H3. The highest BCUT2D eigenvalue weighted by atomic mass is 35.5. The van der Waals surface area contributed by atoms with Gasteiger partial charge in [-0.1, -0.05) is 35.2 Å². The second-order valence-corrected chi connectivity index (χ2v) is 5.05. The third-order valence-corrected chi connectivity index (χ3v) is 2.97. The van der Waals surface area contributed by atoms with Crippen LogP contribution in [-0.4, -0.2) is 10.9 Å². The van der Waals surface area contributed by atoms with Crippen molar-refractivity contribution < 1.29 is 4.79 Å². The zero-order valence-corrected chi connectivity index (χ0v) is 9.35. The van der Waals surface area contributed by atoms with E-state index in [0.29, 0.717) is 5.75 Å². The van der Waals surface area contributed by atoms with Crippen molar-refractivity contribution in [2.45, 2.75) is 6.92 Å². The number of carbonyl (C=O) groups is 1. The van der Waals surface area contributed by atoms with Gasteiger partial charge in [-0.3, -0.25) is 4.79 Å². The summed E-state index contributed by atoms with van der Waals surface area (Å²) >= 11 is 8.38. The molecule has 0 amide bonds. The summed E-state index contributed by atoms with van der Waals surface area (Å²) in [5.41, 5.74) is 0. The maximum atomic E-state index is 10.5. The average molecular weight is 231 g/mol. The Balaban J connectivity index is 2.44. The monoisotopic (exact) mass is 230 g/mol. The first-order chi connectivity index (χ1) is 6.18. The minimum atomic E-state index is 0.0958. The fourth-order valence-electron chi connectivity index (χ4n) is 0.642. The van der Waals surface area contributed by atoms with Gasteiger partial charge in [-0.25, -0.2) is 0 Å². The van der Waals surface area contributed by atoms with Crippen LogP contribution in [0, 0.1) is 11.8 Å². The summed E-state index contributed by atoms with van der Waals surface area (Å²) in [6.45, 7) is 1.54. The Hall–Kier alpha value is -0.430. The first-order valence-corrected chi connectivity index (χ1v) is 5.74. The van der Waals surface area contributed by atoms with E-state index in [9.17, 15) is 4.79 Å². The number of hydrogen-bond donors (Lipinski definition) is 0. The molecule has 0 aliphatic carbocycles. The quantitative estimate of drug-likeness (QED) is 0.690. The van der Waals surface area contributed by atoms with E-state index in [1.165, 1.54) is 30.0 Å². The molecule has 0 unspecified atom stereocenters. The van der Waals surface area contributed by atoms with Crippen LogP contribution >= 0.6 is 34.7 Å². The van der Waals surface area contributed by atoms with E-state index in [2.05, 4.69) is 11.8 Å². The molecule has 13 heavy (non-hydrogen) atoms. The molecule has 68 valence electrons. The Morgan fingerprint density at radius 1 is 1.69 bits per heavy atom. The van der Waals surface area contributed by atoms with Crippen molar-refractivity contribution in [1.29, 1.82) is 0 Å². The lowest BCUT2D eigenvalue weighted by Crippen LogP contribution is -1.81. The summed E-state index contributed by atoms with van der Waals surface area (Å²) in [4.78, 5) is 11.5. The average Bonchev–Trinajstić information content (AvgIpc) is 2.45. The highest BCUT2D eigenvalue weighted by molar-refractivity contribution is 8.13. The second kappa shape index (κ2) is 5.33. The van der Waals surface area contributed by atoms with Gasteiger partial charge in [-0.2, -0.15) is 0 Å². The van der Waals surface area contributed by atoms with Crippen LogP contribution in [0.15, 0.2) is 12.1 Å². The molecule has 4 heteroatoms. The van der Waals surface area contributed by atoms with Crippen LogP contribution in [0.5, 0.6) is 0 Å². The molecule has 1 heterocycles. The molecule has 0 spiro atoms. The molecule has 0 atom stereocenters. The molecule has 0 aliphatic rings. The summed E-state index contributed by atoms with van der Waals surface area (Å²) in [7, 11) is 0. The van der Waals surface area contributed by atoms with Crippen molar-refractivity contribution in [3.05, 3.63) is 21.3 Å². The van der Waals surface area contributed by atoms with Crippen LogP contribution in [0.4, 0.5) is 0 Å². The lowest BCUT2D eigenvalue weighted by Gasteiger charge is -1.83. The van der Waals surface area contributed by atoms with Gasteiger partial charge in [0.05, 0.1) is 15.0 Å². The number of rotatable bonds is 1. The van der Waals surface area contributed by atoms with E-state index in [0.717, 1.165) is 9.21 Å². The van der Waals surface area contributed by atoms with Crippen molar-refractivity contribution in [3.63, 3.8) is 0 Å². The van der Waals surface area contributed by atoms with Gasteiger partial charge >= 0.3 is 0 Å². The molecule has 0 saturated heterocycles. The third-order valence-electron chi connectivity index (χ3n) is 1.13. The molecule has 1 rings (SSSR count). The fraction of sp³-hybridized carbons (Fsp3) is 0.222. The molecule has 1 nitrogen and oxygen atoms in total. The molecule has 0 N–H and O–H groups in total. The zero-order valence-electron chi connectivity index (χ0n) is 6.96. The molecular weight excluding hydrogens is 224 g/mol. The lowest BCUT2D eigenvalue weighted by atomic mass is 10.5. The van der Waals surface area contributed by atoms with Gasteiger partial charge in [0.1, 0.15) is 0 Å². The van der Waals surface area contributed by atoms with Crippen molar-refractivity contribution in [2.24, 2.45) is 0 Å². The van der Waals surface area contributed by atoms with Gasteiger partial charge in [-0.15, -0.1) is 11.3 Å². The second-order valence-electron chi connectivity index (χ2n) is 2.19. The third kappa shape index (κ3) is 4.37. The van der Waals surface area contributed by atoms with Crippen LogP contribution < -0.4 is 0 Å². The van der Waals surface area contributed by atoms with Crippen molar-refractivity contribution in [1.82, 2.24) is 0 Å². The first-order valence-electron chi connectivity index (χ1n) is 3.56. The molecule has 0 aromatic carbocycles. The molecule has 1 aromatic rings. The SMILES string of the molecule is CC(=O)SCC#Cc1ccc(Cl)s1. The number of hydrogen-bond acceptors (Lipinski definition) is 3. The maximum absolute atomic E-state index is 10.5. The number of halogens is 1. The number of thiophene rings is 1. The molecule has 0 radical (unpaired) electrons. The molecule has 1 aromatic heterocycles. The summed E-state index contributed by atoms with van der Waals surface area (Å²) in [6.07, 6.45) is 0. The Morgan fingerprint density at radius 2 is 2.46 bits per heavy atom. The first kappa shape index (κ1) is 10.6. The fourth-order valence-corrected chi connectivity index (χ4v) is 1.91. The lowest BCUT2D eigenvalue weighted by molar-refractivity contribution is -0.109. The van der Waals surface area contributed by atoms with E-state index in [4.69, 9.17) is 11.6 Å².